The van der Waals surface area contributed by atoms with Gasteiger partial charge in [0.05, 0.1) is 18.2 Å². The third kappa shape index (κ3) is 3.80. The molecule has 1 amide bonds. The Morgan fingerprint density at radius 3 is 2.65 bits per heavy atom. The van der Waals surface area contributed by atoms with Crippen molar-refractivity contribution in [2.24, 2.45) is 5.92 Å². The van der Waals surface area contributed by atoms with Crippen molar-refractivity contribution in [1.82, 2.24) is 5.32 Å². The summed E-state index contributed by atoms with van der Waals surface area (Å²) in [6.07, 6.45) is 2.48. The normalized spacial score (nSPS) is 13.8. The number of carbonyl (C=O) groups excluding carboxylic acids is 1. The van der Waals surface area contributed by atoms with Crippen molar-refractivity contribution in [2.75, 3.05) is 18.4 Å². The lowest BCUT2D eigenvalue weighted by molar-refractivity contribution is -0.119. The van der Waals surface area contributed by atoms with Crippen LogP contribution >= 0.6 is 0 Å². The maximum absolute atomic E-state index is 11.4. The number of rotatable bonds is 5. The first kappa shape index (κ1) is 11.5. The van der Waals surface area contributed by atoms with Crippen LogP contribution in [0.1, 0.15) is 18.4 Å². The average molecular weight is 229 g/mol. The number of hydrogen-bond donors (Lipinski definition) is 2. The van der Waals surface area contributed by atoms with Gasteiger partial charge in [0.1, 0.15) is 0 Å². The van der Waals surface area contributed by atoms with Crippen molar-refractivity contribution < 1.29 is 4.79 Å². The predicted molar refractivity (Wildman–Crippen MR) is 65.4 cm³/mol. The Morgan fingerprint density at radius 1 is 1.35 bits per heavy atom. The lowest BCUT2D eigenvalue weighted by atomic mass is 10.2. The van der Waals surface area contributed by atoms with E-state index in [0.717, 1.165) is 12.2 Å². The molecule has 0 saturated heterocycles. The maximum Gasteiger partial charge on any atom is 0.239 e. The van der Waals surface area contributed by atoms with E-state index in [9.17, 15) is 4.79 Å². The standard InChI is InChI=1S/C13H15N3O/c14-7-10-3-5-12(6-4-10)15-9-13(17)16-8-11-1-2-11/h3-6,11,15H,1-2,8-9H2,(H,16,17). The molecule has 2 rings (SSSR count). The number of benzene rings is 1. The van der Waals surface area contributed by atoms with E-state index in [1.54, 1.807) is 24.3 Å². The first-order valence-electron chi connectivity index (χ1n) is 5.78. The van der Waals surface area contributed by atoms with Gasteiger partial charge in [-0.3, -0.25) is 4.79 Å². The number of nitriles is 1. The molecule has 1 aliphatic carbocycles. The lowest BCUT2D eigenvalue weighted by Gasteiger charge is -2.07. The van der Waals surface area contributed by atoms with E-state index in [0.29, 0.717) is 11.5 Å². The Kier molecular flexibility index (Phi) is 3.61. The smallest absolute Gasteiger partial charge is 0.239 e. The summed E-state index contributed by atoms with van der Waals surface area (Å²) in [5.74, 6) is 0.718. The third-order valence-electron chi connectivity index (χ3n) is 2.75. The summed E-state index contributed by atoms with van der Waals surface area (Å²) in [6.45, 7) is 1.08. The van der Waals surface area contributed by atoms with Crippen LogP contribution in [-0.2, 0) is 4.79 Å². The molecular formula is C13H15N3O. The third-order valence-corrected chi connectivity index (χ3v) is 2.75. The molecule has 0 atom stereocenters. The van der Waals surface area contributed by atoms with Gasteiger partial charge in [-0.2, -0.15) is 5.26 Å². The van der Waals surface area contributed by atoms with Crippen LogP contribution in [0.2, 0.25) is 0 Å². The van der Waals surface area contributed by atoms with Crippen molar-refractivity contribution in [3.8, 4) is 6.07 Å². The van der Waals surface area contributed by atoms with Gasteiger partial charge in [-0.25, -0.2) is 0 Å². The predicted octanol–water partition coefficient (Wildman–Crippen LogP) is 1.50. The number of hydrogen-bond acceptors (Lipinski definition) is 3. The molecule has 0 radical (unpaired) electrons. The Morgan fingerprint density at radius 2 is 2.06 bits per heavy atom. The van der Waals surface area contributed by atoms with Crippen molar-refractivity contribution in [3.63, 3.8) is 0 Å². The van der Waals surface area contributed by atoms with Crippen molar-refractivity contribution in [2.45, 2.75) is 12.8 Å². The second-order valence-electron chi connectivity index (χ2n) is 4.29. The minimum Gasteiger partial charge on any atom is -0.376 e. The monoisotopic (exact) mass is 229 g/mol. The highest BCUT2D eigenvalue weighted by molar-refractivity contribution is 5.80. The molecule has 88 valence electrons. The summed E-state index contributed by atoms with van der Waals surface area (Å²) in [6, 6.07) is 9.10. The summed E-state index contributed by atoms with van der Waals surface area (Å²) in [7, 11) is 0. The zero-order valence-electron chi connectivity index (χ0n) is 9.57. The van der Waals surface area contributed by atoms with Crippen LogP contribution in [0.4, 0.5) is 5.69 Å². The van der Waals surface area contributed by atoms with Gasteiger partial charge < -0.3 is 10.6 Å². The zero-order chi connectivity index (χ0) is 12.1. The molecular weight excluding hydrogens is 214 g/mol. The Hall–Kier alpha value is -2.02. The van der Waals surface area contributed by atoms with E-state index in [1.807, 2.05) is 0 Å². The van der Waals surface area contributed by atoms with Crippen molar-refractivity contribution >= 4 is 11.6 Å². The number of nitrogens with one attached hydrogen (secondary N) is 2. The van der Waals surface area contributed by atoms with Crippen molar-refractivity contribution in [1.29, 1.82) is 5.26 Å². The molecule has 0 aliphatic heterocycles. The highest BCUT2D eigenvalue weighted by Gasteiger charge is 2.21. The van der Waals surface area contributed by atoms with Crippen LogP contribution in [0.3, 0.4) is 0 Å². The van der Waals surface area contributed by atoms with E-state index < -0.39 is 0 Å². The molecule has 1 aromatic rings. The topological polar surface area (TPSA) is 64.9 Å². The van der Waals surface area contributed by atoms with Gasteiger partial charge in [0.2, 0.25) is 5.91 Å². The first-order chi connectivity index (χ1) is 8.28. The van der Waals surface area contributed by atoms with Gasteiger partial charge in [0, 0.05) is 12.2 Å². The molecule has 1 aromatic carbocycles. The maximum atomic E-state index is 11.4. The molecule has 0 unspecified atom stereocenters. The Bertz CT molecular complexity index is 429. The molecule has 4 heteroatoms. The van der Waals surface area contributed by atoms with E-state index in [2.05, 4.69) is 16.7 Å². The van der Waals surface area contributed by atoms with Crippen LogP contribution in [0, 0.1) is 17.2 Å². The summed E-state index contributed by atoms with van der Waals surface area (Å²) in [5.41, 5.74) is 1.47. The molecule has 1 fully saturated rings. The summed E-state index contributed by atoms with van der Waals surface area (Å²) >= 11 is 0. The van der Waals surface area contributed by atoms with Gasteiger partial charge in [0.25, 0.3) is 0 Å². The minimum absolute atomic E-state index is 0.0151. The highest BCUT2D eigenvalue weighted by Crippen LogP contribution is 2.27. The summed E-state index contributed by atoms with van der Waals surface area (Å²) in [4.78, 5) is 11.4. The van der Waals surface area contributed by atoms with Crippen LogP contribution in [-0.4, -0.2) is 19.0 Å². The van der Waals surface area contributed by atoms with E-state index in [-0.39, 0.29) is 12.5 Å². The van der Waals surface area contributed by atoms with Gasteiger partial charge in [0.15, 0.2) is 0 Å². The fourth-order valence-corrected chi connectivity index (χ4v) is 1.49. The molecule has 0 heterocycles. The van der Waals surface area contributed by atoms with E-state index in [4.69, 9.17) is 5.26 Å². The quantitative estimate of drug-likeness (QED) is 0.804. The van der Waals surface area contributed by atoms with Crippen LogP contribution < -0.4 is 10.6 Å². The number of amides is 1. The molecule has 1 aliphatic rings. The van der Waals surface area contributed by atoms with Crippen LogP contribution in [0.25, 0.3) is 0 Å². The number of nitrogens with zero attached hydrogens (tertiary/aromatic N) is 1. The van der Waals surface area contributed by atoms with Gasteiger partial charge in [-0.05, 0) is 43.0 Å². The van der Waals surface area contributed by atoms with E-state index >= 15 is 0 Å². The summed E-state index contributed by atoms with van der Waals surface area (Å²) < 4.78 is 0. The second kappa shape index (κ2) is 5.35. The molecule has 0 bridgehead atoms. The first-order valence-corrected chi connectivity index (χ1v) is 5.78. The molecule has 0 aromatic heterocycles. The van der Waals surface area contributed by atoms with Crippen molar-refractivity contribution in [3.05, 3.63) is 29.8 Å². The number of anilines is 1. The highest BCUT2D eigenvalue weighted by atomic mass is 16.1. The summed E-state index contributed by atoms with van der Waals surface area (Å²) in [5, 5.41) is 14.5. The number of carbonyl (C=O) groups is 1. The van der Waals surface area contributed by atoms with Gasteiger partial charge in [-0.15, -0.1) is 0 Å². The molecule has 4 nitrogen and oxygen atoms in total. The fourth-order valence-electron chi connectivity index (χ4n) is 1.49. The molecule has 0 spiro atoms. The molecule has 2 N–H and O–H groups in total. The zero-order valence-corrected chi connectivity index (χ0v) is 9.57. The van der Waals surface area contributed by atoms with Gasteiger partial charge in [-0.1, -0.05) is 0 Å². The fraction of sp³-hybridized carbons (Fsp3) is 0.385. The SMILES string of the molecule is N#Cc1ccc(NCC(=O)NCC2CC2)cc1. The Labute approximate surface area is 101 Å². The molecule has 1 saturated carbocycles. The average Bonchev–Trinajstić information content (AvgIpc) is 3.18. The van der Waals surface area contributed by atoms with E-state index in [1.165, 1.54) is 12.8 Å². The Balaban J connectivity index is 1.72. The largest absolute Gasteiger partial charge is 0.376 e. The molecule has 17 heavy (non-hydrogen) atoms. The van der Waals surface area contributed by atoms with Crippen LogP contribution in [0.15, 0.2) is 24.3 Å². The minimum atomic E-state index is 0.0151. The van der Waals surface area contributed by atoms with Gasteiger partial charge >= 0.3 is 0 Å². The van der Waals surface area contributed by atoms with Crippen LogP contribution in [0.5, 0.6) is 0 Å². The lowest BCUT2D eigenvalue weighted by Crippen LogP contribution is -2.31. The second-order valence-corrected chi connectivity index (χ2v) is 4.29.